The van der Waals surface area contributed by atoms with Crippen molar-refractivity contribution in [2.24, 2.45) is 0 Å². The van der Waals surface area contributed by atoms with Crippen molar-refractivity contribution in [3.8, 4) is 16.9 Å². The van der Waals surface area contributed by atoms with Gasteiger partial charge >= 0.3 is 0 Å². The normalized spacial score (nSPS) is 10.9. The van der Waals surface area contributed by atoms with E-state index in [-0.39, 0.29) is 0 Å². The van der Waals surface area contributed by atoms with Crippen molar-refractivity contribution in [2.75, 3.05) is 57.8 Å². The Bertz CT molecular complexity index is 665. The van der Waals surface area contributed by atoms with Gasteiger partial charge in [0.05, 0.1) is 5.56 Å². The average Bonchev–Trinajstić information content (AvgIpc) is 2.91. The summed E-state index contributed by atoms with van der Waals surface area (Å²) in [5.41, 5.74) is 5.93. The first-order chi connectivity index (χ1) is 11.0. The highest BCUT2D eigenvalue weighted by atomic mass is 16.3. The van der Waals surface area contributed by atoms with Crippen LogP contribution in [-0.4, -0.2) is 61.7 Å². The number of nitrogens with zero attached hydrogens (tertiary/aromatic N) is 3. The van der Waals surface area contributed by atoms with E-state index in [0.717, 1.165) is 41.3 Å². The van der Waals surface area contributed by atoms with E-state index in [1.165, 1.54) is 0 Å². The molecule has 4 N–H and O–H groups in total. The second-order valence-corrected chi connectivity index (χ2v) is 5.60. The van der Waals surface area contributed by atoms with E-state index in [2.05, 4.69) is 26.1 Å². The zero-order valence-electron chi connectivity index (χ0n) is 14.4. The SMILES string of the molecule is CNc1nn(NC)c(NC)c1-c1ccc(O)c(CCN(C)C)c1. The van der Waals surface area contributed by atoms with Crippen molar-refractivity contribution < 1.29 is 5.11 Å². The second-order valence-electron chi connectivity index (χ2n) is 5.60. The zero-order chi connectivity index (χ0) is 17.0. The highest BCUT2D eigenvalue weighted by molar-refractivity contribution is 5.86. The van der Waals surface area contributed by atoms with Gasteiger partial charge in [-0.05, 0) is 43.8 Å². The highest BCUT2D eigenvalue weighted by Crippen LogP contribution is 2.36. The first kappa shape index (κ1) is 17.0. The predicted molar refractivity (Wildman–Crippen MR) is 96.0 cm³/mol. The van der Waals surface area contributed by atoms with Crippen LogP contribution in [0, 0.1) is 0 Å². The Hall–Kier alpha value is -2.41. The van der Waals surface area contributed by atoms with E-state index in [0.29, 0.717) is 5.75 Å². The minimum absolute atomic E-state index is 0.327. The van der Waals surface area contributed by atoms with Crippen LogP contribution >= 0.6 is 0 Å². The molecule has 7 heteroatoms. The third-order valence-corrected chi connectivity index (χ3v) is 3.77. The molecule has 2 aromatic rings. The molecule has 0 amide bonds. The number of anilines is 2. The van der Waals surface area contributed by atoms with Crippen LogP contribution in [0.5, 0.6) is 5.75 Å². The molecule has 0 saturated heterocycles. The Kier molecular flexibility index (Phi) is 5.33. The zero-order valence-corrected chi connectivity index (χ0v) is 14.4. The summed E-state index contributed by atoms with van der Waals surface area (Å²) in [7, 11) is 9.57. The predicted octanol–water partition coefficient (Wildman–Crippen LogP) is 1.62. The number of nitrogens with one attached hydrogen (secondary N) is 3. The van der Waals surface area contributed by atoms with Crippen LogP contribution in [0.2, 0.25) is 0 Å². The molecule has 0 aliphatic carbocycles. The summed E-state index contributed by atoms with van der Waals surface area (Å²) in [6.45, 7) is 0.880. The summed E-state index contributed by atoms with van der Waals surface area (Å²) in [6.07, 6.45) is 0.788. The molecule has 1 aromatic heterocycles. The number of hydrogen-bond acceptors (Lipinski definition) is 6. The molecule has 0 unspecified atom stereocenters. The Morgan fingerprint density at radius 1 is 1.17 bits per heavy atom. The van der Waals surface area contributed by atoms with E-state index in [1.807, 2.05) is 47.4 Å². The lowest BCUT2D eigenvalue weighted by atomic mass is 10.0. The number of rotatable bonds is 7. The van der Waals surface area contributed by atoms with Gasteiger partial charge in [0.1, 0.15) is 5.75 Å². The van der Waals surface area contributed by atoms with Gasteiger partial charge in [-0.3, -0.25) is 0 Å². The molecule has 1 aromatic carbocycles. The van der Waals surface area contributed by atoms with Crippen LogP contribution in [0.15, 0.2) is 18.2 Å². The van der Waals surface area contributed by atoms with E-state index in [1.54, 1.807) is 10.9 Å². The number of likely N-dealkylation sites (N-methyl/N-ethyl adjacent to an activating group) is 1. The number of phenolic OH excluding ortho intramolecular Hbond substituents is 1. The number of phenols is 1. The van der Waals surface area contributed by atoms with Crippen molar-refractivity contribution in [3.05, 3.63) is 23.8 Å². The standard InChI is InChI=1S/C16H26N6O/c1-17-15-14(16(18-2)22(19-3)20-15)12-6-7-13(23)11(10-12)8-9-21(4)5/h6-7,10,18-19,23H,8-9H2,1-5H3,(H,17,20). The maximum atomic E-state index is 10.1. The van der Waals surface area contributed by atoms with Gasteiger partial charge in [-0.15, -0.1) is 5.10 Å². The van der Waals surface area contributed by atoms with Crippen LogP contribution in [0.3, 0.4) is 0 Å². The van der Waals surface area contributed by atoms with Crippen LogP contribution in [0.1, 0.15) is 5.56 Å². The molecule has 2 rings (SSSR count). The third kappa shape index (κ3) is 3.50. The summed E-state index contributed by atoms with van der Waals surface area (Å²) < 4.78 is 0. The molecule has 0 bridgehead atoms. The summed E-state index contributed by atoms with van der Waals surface area (Å²) in [6, 6.07) is 5.68. The molecule has 126 valence electrons. The third-order valence-electron chi connectivity index (χ3n) is 3.77. The average molecular weight is 318 g/mol. The van der Waals surface area contributed by atoms with E-state index < -0.39 is 0 Å². The van der Waals surface area contributed by atoms with Gasteiger partial charge in [-0.1, -0.05) is 6.07 Å². The Morgan fingerprint density at radius 3 is 2.48 bits per heavy atom. The van der Waals surface area contributed by atoms with Crippen LogP contribution in [-0.2, 0) is 6.42 Å². The maximum Gasteiger partial charge on any atom is 0.160 e. The molecule has 0 radical (unpaired) electrons. The van der Waals surface area contributed by atoms with E-state index >= 15 is 0 Å². The molecule has 0 aliphatic rings. The van der Waals surface area contributed by atoms with Crippen LogP contribution < -0.4 is 16.1 Å². The lowest BCUT2D eigenvalue weighted by Crippen LogP contribution is -2.15. The molecule has 0 saturated carbocycles. The molecule has 0 aliphatic heterocycles. The molecule has 0 atom stereocenters. The van der Waals surface area contributed by atoms with Crippen molar-refractivity contribution in [3.63, 3.8) is 0 Å². The smallest absolute Gasteiger partial charge is 0.160 e. The van der Waals surface area contributed by atoms with E-state index in [4.69, 9.17) is 0 Å². The topological polar surface area (TPSA) is 77.4 Å². The Labute approximate surface area is 137 Å². The summed E-state index contributed by atoms with van der Waals surface area (Å²) >= 11 is 0. The van der Waals surface area contributed by atoms with Gasteiger partial charge in [0, 0.05) is 27.7 Å². The van der Waals surface area contributed by atoms with Crippen molar-refractivity contribution in [1.82, 2.24) is 14.8 Å². The summed E-state index contributed by atoms with van der Waals surface area (Å²) in [5.74, 6) is 1.96. The van der Waals surface area contributed by atoms with Gasteiger partial charge in [-0.2, -0.15) is 4.79 Å². The van der Waals surface area contributed by atoms with Crippen LogP contribution in [0.4, 0.5) is 11.6 Å². The van der Waals surface area contributed by atoms with Gasteiger partial charge in [-0.25, -0.2) is 0 Å². The first-order valence-corrected chi connectivity index (χ1v) is 7.65. The summed E-state index contributed by atoms with van der Waals surface area (Å²) in [4.78, 5) is 3.79. The fourth-order valence-electron chi connectivity index (χ4n) is 2.54. The van der Waals surface area contributed by atoms with E-state index in [9.17, 15) is 5.11 Å². The molecule has 7 nitrogen and oxygen atoms in total. The Morgan fingerprint density at radius 2 is 1.91 bits per heavy atom. The molecular formula is C16H26N6O. The van der Waals surface area contributed by atoms with Gasteiger partial charge in [0.25, 0.3) is 0 Å². The number of hydrogen-bond donors (Lipinski definition) is 4. The monoisotopic (exact) mass is 318 g/mol. The molecular weight excluding hydrogens is 292 g/mol. The van der Waals surface area contributed by atoms with Crippen molar-refractivity contribution >= 4 is 11.6 Å². The fourth-order valence-corrected chi connectivity index (χ4v) is 2.54. The molecule has 23 heavy (non-hydrogen) atoms. The maximum absolute atomic E-state index is 10.1. The van der Waals surface area contributed by atoms with Crippen molar-refractivity contribution in [1.29, 1.82) is 0 Å². The molecule has 1 heterocycles. The minimum Gasteiger partial charge on any atom is -0.508 e. The second kappa shape index (κ2) is 7.23. The lowest BCUT2D eigenvalue weighted by Gasteiger charge is -2.13. The quantitative estimate of drug-likeness (QED) is 0.621. The Balaban J connectivity index is 2.49. The number of benzene rings is 1. The van der Waals surface area contributed by atoms with Gasteiger partial charge in [0.15, 0.2) is 11.6 Å². The molecule has 0 spiro atoms. The highest BCUT2D eigenvalue weighted by Gasteiger charge is 2.18. The minimum atomic E-state index is 0.327. The van der Waals surface area contributed by atoms with Crippen LogP contribution in [0.25, 0.3) is 11.1 Å². The molecule has 0 fully saturated rings. The van der Waals surface area contributed by atoms with Gasteiger partial charge in [0.2, 0.25) is 0 Å². The number of aromatic nitrogens is 2. The van der Waals surface area contributed by atoms with Crippen molar-refractivity contribution in [2.45, 2.75) is 6.42 Å². The largest absolute Gasteiger partial charge is 0.508 e. The fraction of sp³-hybridized carbons (Fsp3) is 0.438. The summed E-state index contributed by atoms with van der Waals surface area (Å²) in [5, 5.41) is 20.9. The lowest BCUT2D eigenvalue weighted by molar-refractivity contribution is 0.406. The van der Waals surface area contributed by atoms with Gasteiger partial charge < -0.3 is 26.1 Å². The number of aromatic hydroxyl groups is 1. The first-order valence-electron chi connectivity index (χ1n) is 7.65.